The number of hydrogen-bond acceptors (Lipinski definition) is 4. The average Bonchev–Trinajstić information content (AvgIpc) is 2.86. The predicted molar refractivity (Wildman–Crippen MR) is 128 cm³/mol. The molecule has 266 valence electrons. The number of phosphoric ester groups is 1. The van der Waals surface area contributed by atoms with Crippen LogP contribution in [0.1, 0.15) is 99.3 Å². The number of hydrogen-bond donors (Lipinski definition) is 0. The molecule has 0 aromatic rings. The maximum atomic E-state index is 14.9. The summed E-state index contributed by atoms with van der Waals surface area (Å²) in [4.78, 5) is 0. The fourth-order valence-corrected chi connectivity index (χ4v) is 5.59. The highest BCUT2D eigenvalue weighted by molar-refractivity contribution is 7.48. The SMILES string of the molecule is CCCC(F)(CC)C(F)(F)C(F)(F)OP(=O)(OC(F)(F)C(F)(F)C(F)(CC)CCC)OC(F)(F)C(F)(F)C(F)(CC)CCC. The summed E-state index contributed by atoms with van der Waals surface area (Å²) in [5.74, 6) is -19.0. The standard InChI is InChI=1S/C24H36F15O4P/c1-7-13-16(25,10-4)19(28,29)22(34,35)41-44(40,42-23(36,37)20(30,31)17(26,11-5)14-8-2)43-24(38,39)21(32,33)18(27,12-6)15-9-3/h7-15H2,1-6H3. The minimum atomic E-state index is -8.36. The number of halogens is 15. The highest BCUT2D eigenvalue weighted by Crippen LogP contribution is 2.67. The molecule has 0 saturated heterocycles. The molecule has 0 aliphatic rings. The van der Waals surface area contributed by atoms with Crippen molar-refractivity contribution >= 4 is 7.82 Å². The van der Waals surface area contributed by atoms with Crippen LogP contribution in [0.5, 0.6) is 0 Å². The summed E-state index contributed by atoms with van der Waals surface area (Å²) in [6.07, 6.45) is -31.5. The van der Waals surface area contributed by atoms with E-state index in [9.17, 15) is 70.4 Å². The first-order valence-electron chi connectivity index (χ1n) is 13.5. The maximum Gasteiger partial charge on any atom is 0.489 e. The maximum absolute atomic E-state index is 14.9. The van der Waals surface area contributed by atoms with Crippen LogP contribution >= 0.6 is 7.82 Å². The van der Waals surface area contributed by atoms with E-state index < -0.39 is 119 Å². The van der Waals surface area contributed by atoms with Crippen LogP contribution in [0.4, 0.5) is 65.9 Å². The van der Waals surface area contributed by atoms with Gasteiger partial charge in [-0.15, -0.1) is 0 Å². The minimum absolute atomic E-state index is 0.550. The summed E-state index contributed by atoms with van der Waals surface area (Å²) in [7, 11) is -8.36. The molecule has 0 aliphatic heterocycles. The van der Waals surface area contributed by atoms with Crippen molar-refractivity contribution in [3.05, 3.63) is 0 Å². The van der Waals surface area contributed by atoms with E-state index in [4.69, 9.17) is 0 Å². The first-order valence-corrected chi connectivity index (χ1v) is 15.0. The van der Waals surface area contributed by atoms with Crippen LogP contribution in [0, 0.1) is 0 Å². The third kappa shape index (κ3) is 7.77. The summed E-state index contributed by atoms with van der Waals surface area (Å²) >= 11 is 0. The van der Waals surface area contributed by atoms with Crippen molar-refractivity contribution in [2.45, 2.75) is 152 Å². The van der Waals surface area contributed by atoms with Crippen LogP contribution in [0.25, 0.3) is 0 Å². The van der Waals surface area contributed by atoms with Crippen LogP contribution in [-0.2, 0) is 18.1 Å². The first-order chi connectivity index (χ1) is 19.5. The number of rotatable bonds is 21. The Morgan fingerprint density at radius 1 is 0.409 bits per heavy atom. The van der Waals surface area contributed by atoms with E-state index in [2.05, 4.69) is 13.6 Å². The molecule has 0 bridgehead atoms. The Bertz CT molecular complexity index is 864. The monoisotopic (exact) mass is 704 g/mol. The molecule has 0 amide bonds. The van der Waals surface area contributed by atoms with E-state index in [1.54, 1.807) is 0 Å². The lowest BCUT2D eigenvalue weighted by molar-refractivity contribution is -0.393. The fraction of sp³-hybridized carbons (Fsp3) is 1.00. The smallest absolute Gasteiger partial charge is 0.237 e. The zero-order valence-corrected chi connectivity index (χ0v) is 25.5. The van der Waals surface area contributed by atoms with Crippen LogP contribution < -0.4 is 0 Å². The van der Waals surface area contributed by atoms with Crippen molar-refractivity contribution in [1.29, 1.82) is 0 Å². The normalized spacial score (nSPS) is 20.0. The molecular formula is C24H36F15O4P. The summed E-state index contributed by atoms with van der Waals surface area (Å²) in [5, 5.41) is 0. The average molecular weight is 704 g/mol. The van der Waals surface area contributed by atoms with Gasteiger partial charge in [-0.3, -0.25) is 0 Å². The number of phosphoric acid groups is 1. The molecule has 20 heteroatoms. The van der Waals surface area contributed by atoms with Gasteiger partial charge in [-0.1, -0.05) is 60.8 Å². The van der Waals surface area contributed by atoms with Gasteiger partial charge in [-0.2, -0.15) is 52.7 Å². The van der Waals surface area contributed by atoms with Gasteiger partial charge in [0.15, 0.2) is 17.0 Å². The second kappa shape index (κ2) is 14.0. The van der Waals surface area contributed by atoms with E-state index in [-0.39, 0.29) is 0 Å². The lowest BCUT2D eigenvalue weighted by Gasteiger charge is -2.41. The quantitative estimate of drug-likeness (QED) is 0.0881. The van der Waals surface area contributed by atoms with Crippen LogP contribution in [0.15, 0.2) is 0 Å². The van der Waals surface area contributed by atoms with Gasteiger partial charge < -0.3 is 0 Å². The first kappa shape index (κ1) is 43.1. The molecule has 3 atom stereocenters. The molecule has 0 spiro atoms. The zero-order valence-electron chi connectivity index (χ0n) is 24.6. The second-order valence-electron chi connectivity index (χ2n) is 10.2. The molecule has 3 unspecified atom stereocenters. The highest BCUT2D eigenvalue weighted by atomic mass is 31.2. The van der Waals surface area contributed by atoms with Crippen molar-refractivity contribution in [3.63, 3.8) is 0 Å². The molecule has 4 nitrogen and oxygen atoms in total. The minimum Gasteiger partial charge on any atom is -0.237 e. The van der Waals surface area contributed by atoms with E-state index >= 15 is 0 Å². The third-order valence-corrected chi connectivity index (χ3v) is 8.44. The van der Waals surface area contributed by atoms with Crippen LogP contribution in [0.3, 0.4) is 0 Å². The van der Waals surface area contributed by atoms with Gasteiger partial charge in [-0.25, -0.2) is 31.3 Å². The van der Waals surface area contributed by atoms with Crippen molar-refractivity contribution in [1.82, 2.24) is 0 Å². The van der Waals surface area contributed by atoms with Gasteiger partial charge in [-0.05, 0) is 38.5 Å². The molecule has 0 rings (SSSR count). The molecule has 0 radical (unpaired) electrons. The topological polar surface area (TPSA) is 44.8 Å². The molecule has 0 heterocycles. The Kier molecular flexibility index (Phi) is 13.7. The summed E-state index contributed by atoms with van der Waals surface area (Å²) in [5.41, 5.74) is -13.2. The molecule has 0 saturated carbocycles. The molecule has 0 aromatic heterocycles. The zero-order chi connectivity index (χ0) is 35.5. The number of alkyl halides is 15. The van der Waals surface area contributed by atoms with E-state index in [0.29, 0.717) is 20.8 Å². The predicted octanol–water partition coefficient (Wildman–Crippen LogP) is 11.6. The third-order valence-electron chi connectivity index (χ3n) is 7.08. The van der Waals surface area contributed by atoms with Crippen LogP contribution in [0.2, 0.25) is 0 Å². The molecular weight excluding hydrogens is 668 g/mol. The Balaban J connectivity index is 7.38. The van der Waals surface area contributed by atoms with Gasteiger partial charge in [0.25, 0.3) is 0 Å². The Morgan fingerprint density at radius 3 is 0.727 bits per heavy atom. The molecule has 0 fully saturated rings. The highest BCUT2D eigenvalue weighted by Gasteiger charge is 2.79. The lowest BCUT2D eigenvalue weighted by Crippen LogP contribution is -2.60. The van der Waals surface area contributed by atoms with Gasteiger partial charge in [0.05, 0.1) is 0 Å². The van der Waals surface area contributed by atoms with Crippen molar-refractivity contribution < 1.29 is 84.0 Å². The molecule has 44 heavy (non-hydrogen) atoms. The second-order valence-corrected chi connectivity index (χ2v) is 11.6. The van der Waals surface area contributed by atoms with E-state index in [1.807, 2.05) is 0 Å². The summed E-state index contributed by atoms with van der Waals surface area (Å²) in [6, 6.07) is 0. The fourth-order valence-electron chi connectivity index (χ4n) is 4.29. The lowest BCUT2D eigenvalue weighted by atomic mass is 9.89. The summed E-state index contributed by atoms with van der Waals surface area (Å²) < 4.78 is 242. The molecule has 0 N–H and O–H groups in total. The summed E-state index contributed by atoms with van der Waals surface area (Å²) in [6.45, 7) is 4.61. The Morgan fingerprint density at radius 2 is 0.591 bits per heavy atom. The van der Waals surface area contributed by atoms with Gasteiger partial charge >= 0.3 is 43.9 Å². The Labute approximate surface area is 245 Å². The van der Waals surface area contributed by atoms with Gasteiger partial charge in [0.1, 0.15) is 0 Å². The van der Waals surface area contributed by atoms with Crippen molar-refractivity contribution in [3.8, 4) is 0 Å². The molecule has 0 aliphatic carbocycles. The van der Waals surface area contributed by atoms with Gasteiger partial charge in [0, 0.05) is 0 Å². The van der Waals surface area contributed by atoms with Crippen LogP contribution in [-0.4, -0.2) is 53.1 Å². The Hall–Kier alpha value is -0.940. The van der Waals surface area contributed by atoms with Crippen molar-refractivity contribution in [2.75, 3.05) is 0 Å². The van der Waals surface area contributed by atoms with E-state index in [1.165, 1.54) is 0 Å². The van der Waals surface area contributed by atoms with Crippen molar-refractivity contribution in [2.24, 2.45) is 0 Å². The largest absolute Gasteiger partial charge is 0.489 e. The van der Waals surface area contributed by atoms with E-state index in [0.717, 1.165) is 20.8 Å². The van der Waals surface area contributed by atoms with Gasteiger partial charge in [0.2, 0.25) is 0 Å². The molecule has 0 aromatic carbocycles.